The third kappa shape index (κ3) is 1.94. The van der Waals surface area contributed by atoms with Crippen molar-refractivity contribution in [1.82, 2.24) is 0 Å². The van der Waals surface area contributed by atoms with Gasteiger partial charge in [-0.3, -0.25) is 0 Å². The highest BCUT2D eigenvalue weighted by atomic mass is 16.5. The Balaban J connectivity index is 2.72. The van der Waals surface area contributed by atoms with Gasteiger partial charge in [0.2, 0.25) is 0 Å². The van der Waals surface area contributed by atoms with E-state index < -0.39 is 6.29 Å². The van der Waals surface area contributed by atoms with Crippen molar-refractivity contribution in [2.75, 3.05) is 6.61 Å². The Bertz CT molecular complexity index is 216. The Labute approximate surface area is 71.7 Å². The van der Waals surface area contributed by atoms with Crippen LogP contribution in [-0.2, 0) is 0 Å². The van der Waals surface area contributed by atoms with Gasteiger partial charge < -0.3 is 15.3 Å². The highest BCUT2D eigenvalue weighted by Crippen LogP contribution is 2.23. The standard InChI is InChI=1S/C9H14O3/c1-6-4-7(5-10)2-3-8(6)9(11)12/h3-4,7,9-12H,2,5H2,1H3/t7-/m1/s1. The highest BCUT2D eigenvalue weighted by molar-refractivity contribution is 5.34. The summed E-state index contributed by atoms with van der Waals surface area (Å²) in [6, 6.07) is 0. The highest BCUT2D eigenvalue weighted by Gasteiger charge is 2.15. The fourth-order valence-corrected chi connectivity index (χ4v) is 1.39. The molecule has 1 aliphatic carbocycles. The molecule has 0 aliphatic heterocycles. The number of rotatable bonds is 2. The number of aliphatic hydroxyl groups excluding tert-OH is 2. The first kappa shape index (κ1) is 9.45. The molecule has 3 N–H and O–H groups in total. The van der Waals surface area contributed by atoms with Gasteiger partial charge in [0.25, 0.3) is 0 Å². The molecule has 0 fully saturated rings. The van der Waals surface area contributed by atoms with Gasteiger partial charge in [0, 0.05) is 18.1 Å². The van der Waals surface area contributed by atoms with E-state index in [4.69, 9.17) is 15.3 Å². The van der Waals surface area contributed by atoms with Gasteiger partial charge in [-0.25, -0.2) is 0 Å². The van der Waals surface area contributed by atoms with Crippen LogP contribution in [0.5, 0.6) is 0 Å². The molecule has 0 aromatic heterocycles. The summed E-state index contributed by atoms with van der Waals surface area (Å²) in [5, 5.41) is 26.6. The summed E-state index contributed by atoms with van der Waals surface area (Å²) in [6.45, 7) is 1.93. The van der Waals surface area contributed by atoms with Crippen LogP contribution in [0, 0.1) is 5.92 Å². The number of hydrogen-bond acceptors (Lipinski definition) is 3. The summed E-state index contributed by atoms with van der Waals surface area (Å²) >= 11 is 0. The van der Waals surface area contributed by atoms with Crippen LogP contribution in [0.1, 0.15) is 13.3 Å². The van der Waals surface area contributed by atoms with Gasteiger partial charge in [0.15, 0.2) is 6.29 Å². The second-order valence-corrected chi connectivity index (χ2v) is 3.06. The summed E-state index contributed by atoms with van der Waals surface area (Å²) < 4.78 is 0. The van der Waals surface area contributed by atoms with Crippen molar-refractivity contribution in [1.29, 1.82) is 0 Å². The largest absolute Gasteiger partial charge is 0.396 e. The Hall–Kier alpha value is -0.640. The van der Waals surface area contributed by atoms with E-state index in [0.717, 1.165) is 5.57 Å². The van der Waals surface area contributed by atoms with E-state index in [0.29, 0.717) is 12.0 Å². The van der Waals surface area contributed by atoms with Crippen molar-refractivity contribution in [2.45, 2.75) is 19.6 Å². The fraction of sp³-hybridized carbons (Fsp3) is 0.556. The smallest absolute Gasteiger partial charge is 0.178 e. The second-order valence-electron chi connectivity index (χ2n) is 3.06. The molecule has 0 aromatic rings. The average molecular weight is 170 g/mol. The second kappa shape index (κ2) is 3.85. The van der Waals surface area contributed by atoms with Crippen LogP contribution in [0.2, 0.25) is 0 Å². The zero-order chi connectivity index (χ0) is 9.14. The molecule has 0 bridgehead atoms. The van der Waals surface area contributed by atoms with Gasteiger partial charge in [-0.1, -0.05) is 12.2 Å². The molecule has 68 valence electrons. The van der Waals surface area contributed by atoms with Gasteiger partial charge in [-0.05, 0) is 18.9 Å². The third-order valence-electron chi connectivity index (χ3n) is 2.09. The van der Waals surface area contributed by atoms with Crippen molar-refractivity contribution < 1.29 is 15.3 Å². The minimum absolute atomic E-state index is 0.114. The molecule has 0 saturated carbocycles. The van der Waals surface area contributed by atoms with Gasteiger partial charge >= 0.3 is 0 Å². The SMILES string of the molecule is CC1=C[C@H](CO)CC=C1C(O)O. The molecule has 1 rings (SSSR count). The molecular formula is C9H14O3. The third-order valence-corrected chi connectivity index (χ3v) is 2.09. The van der Waals surface area contributed by atoms with Crippen LogP contribution in [0.3, 0.4) is 0 Å². The van der Waals surface area contributed by atoms with Crippen molar-refractivity contribution in [3.8, 4) is 0 Å². The molecular weight excluding hydrogens is 156 g/mol. The Morgan fingerprint density at radius 1 is 1.58 bits per heavy atom. The predicted molar refractivity (Wildman–Crippen MR) is 45.3 cm³/mol. The minimum Gasteiger partial charge on any atom is -0.396 e. The molecule has 0 aromatic carbocycles. The Morgan fingerprint density at radius 3 is 2.67 bits per heavy atom. The topological polar surface area (TPSA) is 60.7 Å². The molecule has 12 heavy (non-hydrogen) atoms. The summed E-state index contributed by atoms with van der Waals surface area (Å²) in [5.41, 5.74) is 1.40. The van der Waals surface area contributed by atoms with E-state index in [1.54, 1.807) is 6.08 Å². The van der Waals surface area contributed by atoms with Gasteiger partial charge in [0.05, 0.1) is 0 Å². The van der Waals surface area contributed by atoms with Crippen LogP contribution < -0.4 is 0 Å². The van der Waals surface area contributed by atoms with E-state index in [2.05, 4.69) is 0 Å². The summed E-state index contributed by atoms with van der Waals surface area (Å²) in [5.74, 6) is 0.132. The van der Waals surface area contributed by atoms with Crippen molar-refractivity contribution in [3.05, 3.63) is 23.3 Å². The maximum absolute atomic E-state index is 8.89. The monoisotopic (exact) mass is 170 g/mol. The molecule has 0 spiro atoms. The van der Waals surface area contributed by atoms with Crippen molar-refractivity contribution in [3.63, 3.8) is 0 Å². The van der Waals surface area contributed by atoms with Crippen LogP contribution in [0.4, 0.5) is 0 Å². The predicted octanol–water partition coefficient (Wildman–Crippen LogP) is 0.182. The quantitative estimate of drug-likeness (QED) is 0.518. The molecule has 0 amide bonds. The zero-order valence-corrected chi connectivity index (χ0v) is 7.07. The maximum atomic E-state index is 8.89. The molecule has 3 heteroatoms. The first-order chi connectivity index (χ1) is 5.65. The lowest BCUT2D eigenvalue weighted by atomic mass is 9.91. The lowest BCUT2D eigenvalue weighted by Gasteiger charge is -2.19. The lowest BCUT2D eigenvalue weighted by molar-refractivity contribution is -0.00659. The molecule has 0 heterocycles. The number of hydrogen-bond donors (Lipinski definition) is 3. The van der Waals surface area contributed by atoms with Gasteiger partial charge in [-0.2, -0.15) is 0 Å². The Kier molecular flexibility index (Phi) is 3.03. The fourth-order valence-electron chi connectivity index (χ4n) is 1.39. The first-order valence-electron chi connectivity index (χ1n) is 4.01. The first-order valence-corrected chi connectivity index (χ1v) is 4.01. The Morgan fingerprint density at radius 2 is 2.25 bits per heavy atom. The minimum atomic E-state index is -1.39. The number of aliphatic hydroxyl groups is 3. The maximum Gasteiger partial charge on any atom is 0.178 e. The van der Waals surface area contributed by atoms with Crippen LogP contribution in [-0.4, -0.2) is 28.2 Å². The van der Waals surface area contributed by atoms with Crippen LogP contribution in [0.15, 0.2) is 23.3 Å². The molecule has 1 atom stereocenters. The van der Waals surface area contributed by atoms with E-state index in [9.17, 15) is 0 Å². The average Bonchev–Trinajstić information content (AvgIpc) is 2.03. The normalized spacial score (nSPS) is 23.9. The molecule has 3 nitrogen and oxygen atoms in total. The zero-order valence-electron chi connectivity index (χ0n) is 7.07. The molecule has 0 radical (unpaired) electrons. The van der Waals surface area contributed by atoms with Crippen molar-refractivity contribution >= 4 is 0 Å². The van der Waals surface area contributed by atoms with Crippen LogP contribution in [0.25, 0.3) is 0 Å². The van der Waals surface area contributed by atoms with Gasteiger partial charge in [0.1, 0.15) is 0 Å². The van der Waals surface area contributed by atoms with Crippen molar-refractivity contribution in [2.24, 2.45) is 5.92 Å². The summed E-state index contributed by atoms with van der Waals surface area (Å²) in [6.07, 6.45) is 2.93. The van der Waals surface area contributed by atoms with Crippen LogP contribution >= 0.6 is 0 Å². The summed E-state index contributed by atoms with van der Waals surface area (Å²) in [7, 11) is 0. The molecule has 0 saturated heterocycles. The number of allylic oxidation sites excluding steroid dienone is 1. The molecule has 0 unspecified atom stereocenters. The van der Waals surface area contributed by atoms with E-state index in [1.165, 1.54) is 0 Å². The lowest BCUT2D eigenvalue weighted by Crippen LogP contribution is -2.15. The van der Waals surface area contributed by atoms with E-state index >= 15 is 0 Å². The van der Waals surface area contributed by atoms with Gasteiger partial charge in [-0.15, -0.1) is 0 Å². The van der Waals surface area contributed by atoms with E-state index in [-0.39, 0.29) is 12.5 Å². The van der Waals surface area contributed by atoms with E-state index in [1.807, 2.05) is 13.0 Å². The molecule has 1 aliphatic rings. The summed E-state index contributed by atoms with van der Waals surface area (Å²) in [4.78, 5) is 0.